The molecule has 0 heterocycles. The van der Waals surface area contributed by atoms with Crippen LogP contribution in [0, 0.1) is 17.3 Å². The van der Waals surface area contributed by atoms with Crippen LogP contribution in [0.1, 0.15) is 20.8 Å². The fraction of sp³-hybridized carbons (Fsp3) is 0.300. The number of hydrogen-bond donors (Lipinski definition) is 0. The van der Waals surface area contributed by atoms with E-state index in [9.17, 15) is 9.59 Å². The van der Waals surface area contributed by atoms with Crippen molar-refractivity contribution in [3.8, 4) is 5.75 Å². The first-order valence-electron chi connectivity index (χ1n) is 7.78. The molecule has 3 heteroatoms. The van der Waals surface area contributed by atoms with Crippen LogP contribution in [0.25, 0.3) is 10.8 Å². The highest BCUT2D eigenvalue weighted by atomic mass is 16.5. The highest BCUT2D eigenvalue weighted by molar-refractivity contribution is 5.91. The topological polar surface area (TPSA) is 43.4 Å². The Labute approximate surface area is 136 Å². The summed E-state index contributed by atoms with van der Waals surface area (Å²) in [5.41, 5.74) is 0.481. The molecular weight excluding hydrogens is 288 g/mol. The van der Waals surface area contributed by atoms with Crippen molar-refractivity contribution in [2.75, 3.05) is 0 Å². The third-order valence-electron chi connectivity index (χ3n) is 4.75. The van der Waals surface area contributed by atoms with Gasteiger partial charge in [-0.15, -0.1) is 0 Å². The molecule has 3 nitrogen and oxygen atoms in total. The van der Waals surface area contributed by atoms with Crippen LogP contribution in [-0.4, -0.2) is 12.3 Å². The monoisotopic (exact) mass is 308 g/mol. The van der Waals surface area contributed by atoms with E-state index >= 15 is 0 Å². The van der Waals surface area contributed by atoms with E-state index in [1.807, 2.05) is 62.4 Å². The van der Waals surface area contributed by atoms with Crippen molar-refractivity contribution < 1.29 is 14.3 Å². The van der Waals surface area contributed by atoms with Crippen LogP contribution in [0.5, 0.6) is 5.75 Å². The largest absolute Gasteiger partial charge is 0.426 e. The Bertz CT molecular complexity index is 796. The van der Waals surface area contributed by atoms with Crippen molar-refractivity contribution in [1.29, 1.82) is 0 Å². The van der Waals surface area contributed by atoms with Crippen LogP contribution in [0.4, 0.5) is 0 Å². The standard InChI is InChI=1S/C20H20O3/c1-13(12-21)11-16-18(20(16,2)3)19(22)23-17-10-6-8-14-7-4-5-9-15(14)17/h4-12,16,18H,1-3H3/b13-11-. The number of ether oxygens (including phenoxy) is 1. The summed E-state index contributed by atoms with van der Waals surface area (Å²) in [6, 6.07) is 13.5. The summed E-state index contributed by atoms with van der Waals surface area (Å²) in [6.45, 7) is 5.82. The molecule has 23 heavy (non-hydrogen) atoms. The first-order valence-corrected chi connectivity index (χ1v) is 7.78. The number of carbonyl (C=O) groups excluding carboxylic acids is 2. The summed E-state index contributed by atoms with van der Waals surface area (Å²) in [5, 5.41) is 1.97. The molecule has 1 aliphatic carbocycles. The number of esters is 1. The van der Waals surface area contributed by atoms with Gasteiger partial charge in [-0.3, -0.25) is 9.59 Å². The molecule has 0 bridgehead atoms. The second kappa shape index (κ2) is 5.65. The SMILES string of the molecule is C/C(C=O)=C/C1C(C(=O)Oc2cccc3ccccc23)C1(C)C. The lowest BCUT2D eigenvalue weighted by atomic mass is 10.1. The minimum atomic E-state index is -0.230. The maximum atomic E-state index is 12.6. The molecule has 1 fully saturated rings. The molecule has 1 saturated carbocycles. The third-order valence-corrected chi connectivity index (χ3v) is 4.75. The number of benzene rings is 2. The highest BCUT2D eigenvalue weighted by Crippen LogP contribution is 2.59. The zero-order valence-electron chi connectivity index (χ0n) is 13.6. The van der Waals surface area contributed by atoms with Gasteiger partial charge in [0.1, 0.15) is 12.0 Å². The van der Waals surface area contributed by atoms with Crippen molar-refractivity contribution in [3.05, 3.63) is 54.1 Å². The Hall–Kier alpha value is -2.42. The van der Waals surface area contributed by atoms with Gasteiger partial charge in [0.05, 0.1) is 5.92 Å². The van der Waals surface area contributed by atoms with Crippen LogP contribution >= 0.6 is 0 Å². The minimum Gasteiger partial charge on any atom is -0.426 e. The lowest BCUT2D eigenvalue weighted by Crippen LogP contribution is -2.14. The second-order valence-electron chi connectivity index (χ2n) is 6.75. The smallest absolute Gasteiger partial charge is 0.315 e. The lowest BCUT2D eigenvalue weighted by Gasteiger charge is -2.08. The fourth-order valence-corrected chi connectivity index (χ4v) is 3.22. The van der Waals surface area contributed by atoms with Crippen molar-refractivity contribution in [2.45, 2.75) is 20.8 Å². The number of rotatable bonds is 4. The van der Waals surface area contributed by atoms with Crippen molar-refractivity contribution in [3.63, 3.8) is 0 Å². The zero-order valence-corrected chi connectivity index (χ0v) is 13.6. The van der Waals surface area contributed by atoms with Gasteiger partial charge in [0, 0.05) is 5.39 Å². The number of fused-ring (bicyclic) bond motifs is 1. The molecule has 118 valence electrons. The average Bonchev–Trinajstić information content (AvgIpc) is 3.08. The molecule has 0 N–H and O–H groups in total. The predicted molar refractivity (Wildman–Crippen MR) is 90.2 cm³/mol. The van der Waals surface area contributed by atoms with E-state index < -0.39 is 0 Å². The minimum absolute atomic E-state index is 0.0511. The first kappa shape index (κ1) is 15.5. The molecule has 0 saturated heterocycles. The van der Waals surface area contributed by atoms with Crippen molar-refractivity contribution >= 4 is 23.0 Å². The Kier molecular flexibility index (Phi) is 3.80. The van der Waals surface area contributed by atoms with Crippen LogP contribution in [0.3, 0.4) is 0 Å². The average molecular weight is 308 g/mol. The number of carbonyl (C=O) groups is 2. The summed E-state index contributed by atoms with van der Waals surface area (Å²) in [5.74, 6) is 0.198. The van der Waals surface area contributed by atoms with E-state index in [2.05, 4.69) is 0 Å². The Morgan fingerprint density at radius 1 is 1.13 bits per heavy atom. The van der Waals surface area contributed by atoms with Crippen LogP contribution in [0.2, 0.25) is 0 Å². The molecule has 2 aromatic carbocycles. The van der Waals surface area contributed by atoms with Crippen LogP contribution < -0.4 is 4.74 Å². The normalized spacial score (nSPS) is 22.7. The molecule has 3 rings (SSSR count). The van der Waals surface area contributed by atoms with Gasteiger partial charge in [-0.05, 0) is 35.3 Å². The summed E-state index contributed by atoms with van der Waals surface area (Å²) in [4.78, 5) is 23.4. The van der Waals surface area contributed by atoms with Gasteiger partial charge in [-0.1, -0.05) is 56.3 Å². The zero-order chi connectivity index (χ0) is 16.6. The molecule has 1 aliphatic rings. The maximum Gasteiger partial charge on any atom is 0.315 e. The second-order valence-corrected chi connectivity index (χ2v) is 6.75. The van der Waals surface area contributed by atoms with E-state index in [0.29, 0.717) is 11.3 Å². The van der Waals surface area contributed by atoms with Crippen molar-refractivity contribution in [2.24, 2.45) is 17.3 Å². The third kappa shape index (κ3) is 2.79. The molecule has 0 aromatic heterocycles. The quantitative estimate of drug-likeness (QED) is 0.368. The van der Waals surface area contributed by atoms with E-state index in [-0.39, 0.29) is 23.2 Å². The number of allylic oxidation sites excluding steroid dienone is 2. The molecule has 0 aliphatic heterocycles. The van der Waals surface area contributed by atoms with Gasteiger partial charge >= 0.3 is 5.97 Å². The summed E-state index contributed by atoms with van der Waals surface area (Å²) >= 11 is 0. The molecule has 2 atom stereocenters. The van der Waals surface area contributed by atoms with E-state index in [4.69, 9.17) is 4.74 Å². The van der Waals surface area contributed by atoms with E-state index in [1.165, 1.54) is 0 Å². The van der Waals surface area contributed by atoms with E-state index in [1.54, 1.807) is 6.92 Å². The molecule has 2 unspecified atom stereocenters. The number of aldehydes is 1. The molecule has 0 amide bonds. The number of hydrogen-bond acceptors (Lipinski definition) is 3. The summed E-state index contributed by atoms with van der Waals surface area (Å²) in [7, 11) is 0. The predicted octanol–water partition coefficient (Wildman–Crippen LogP) is 4.16. The Morgan fingerprint density at radius 2 is 1.83 bits per heavy atom. The van der Waals surface area contributed by atoms with Gasteiger partial charge in [0.25, 0.3) is 0 Å². The van der Waals surface area contributed by atoms with Gasteiger partial charge < -0.3 is 4.74 Å². The van der Waals surface area contributed by atoms with Gasteiger partial charge in [-0.25, -0.2) is 0 Å². The van der Waals surface area contributed by atoms with Crippen molar-refractivity contribution in [1.82, 2.24) is 0 Å². The lowest BCUT2D eigenvalue weighted by molar-refractivity contribution is -0.136. The Morgan fingerprint density at radius 3 is 2.57 bits per heavy atom. The molecule has 0 spiro atoms. The van der Waals surface area contributed by atoms with Crippen LogP contribution in [-0.2, 0) is 9.59 Å². The van der Waals surface area contributed by atoms with Gasteiger partial charge in [-0.2, -0.15) is 0 Å². The van der Waals surface area contributed by atoms with Gasteiger partial charge in [0.2, 0.25) is 0 Å². The fourth-order valence-electron chi connectivity index (χ4n) is 3.22. The maximum absolute atomic E-state index is 12.6. The van der Waals surface area contributed by atoms with Gasteiger partial charge in [0.15, 0.2) is 0 Å². The van der Waals surface area contributed by atoms with E-state index in [0.717, 1.165) is 17.1 Å². The molecule has 0 radical (unpaired) electrons. The molecular formula is C20H20O3. The summed E-state index contributed by atoms with van der Waals surface area (Å²) in [6.07, 6.45) is 2.70. The first-order chi connectivity index (χ1) is 10.9. The highest BCUT2D eigenvalue weighted by Gasteiger charge is 2.61. The van der Waals surface area contributed by atoms with Crippen LogP contribution in [0.15, 0.2) is 54.1 Å². The Balaban J connectivity index is 1.83. The summed E-state index contributed by atoms with van der Waals surface area (Å²) < 4.78 is 5.68. The molecule has 2 aromatic rings.